The monoisotopic (exact) mass is 239 g/mol. The van der Waals surface area contributed by atoms with Crippen molar-refractivity contribution in [2.24, 2.45) is 11.8 Å². The Morgan fingerprint density at radius 3 is 2.65 bits per heavy atom. The van der Waals surface area contributed by atoms with Crippen molar-refractivity contribution in [2.45, 2.75) is 76.9 Å². The van der Waals surface area contributed by atoms with Crippen molar-refractivity contribution in [3.63, 3.8) is 0 Å². The van der Waals surface area contributed by atoms with Crippen molar-refractivity contribution in [3.8, 4) is 0 Å². The van der Waals surface area contributed by atoms with Gasteiger partial charge in [-0.1, -0.05) is 39.5 Å². The zero-order valence-corrected chi connectivity index (χ0v) is 11.5. The summed E-state index contributed by atoms with van der Waals surface area (Å²) in [6, 6.07) is 0.357. The molecular formula is C15H29NO. The molecule has 1 heterocycles. The Kier molecular flexibility index (Phi) is 4.48. The van der Waals surface area contributed by atoms with Gasteiger partial charge < -0.3 is 10.4 Å². The molecule has 2 fully saturated rings. The summed E-state index contributed by atoms with van der Waals surface area (Å²) in [6.07, 6.45) is 9.54. The van der Waals surface area contributed by atoms with E-state index in [4.69, 9.17) is 0 Å². The first-order valence-corrected chi connectivity index (χ1v) is 7.63. The van der Waals surface area contributed by atoms with Gasteiger partial charge in [0.05, 0.1) is 5.60 Å². The second kappa shape index (κ2) is 5.71. The summed E-state index contributed by atoms with van der Waals surface area (Å²) in [5.74, 6) is 1.57. The molecule has 1 saturated heterocycles. The second-order valence-corrected chi connectivity index (χ2v) is 6.28. The van der Waals surface area contributed by atoms with Gasteiger partial charge in [0.1, 0.15) is 0 Å². The number of nitrogens with one attached hydrogen (secondary N) is 1. The summed E-state index contributed by atoms with van der Waals surface area (Å²) in [7, 11) is 0. The Morgan fingerprint density at radius 1 is 1.18 bits per heavy atom. The summed E-state index contributed by atoms with van der Waals surface area (Å²) < 4.78 is 0. The molecule has 0 aromatic carbocycles. The lowest BCUT2D eigenvalue weighted by Gasteiger charge is -2.45. The van der Waals surface area contributed by atoms with Crippen LogP contribution in [0.25, 0.3) is 0 Å². The second-order valence-electron chi connectivity index (χ2n) is 6.28. The van der Waals surface area contributed by atoms with Crippen molar-refractivity contribution in [3.05, 3.63) is 0 Å². The third-order valence-corrected chi connectivity index (χ3v) is 5.18. The lowest BCUT2D eigenvalue weighted by atomic mass is 9.70. The summed E-state index contributed by atoms with van der Waals surface area (Å²) in [5, 5.41) is 14.5. The highest BCUT2D eigenvalue weighted by Crippen LogP contribution is 2.39. The minimum Gasteiger partial charge on any atom is -0.388 e. The number of hydrogen-bond acceptors (Lipinski definition) is 2. The van der Waals surface area contributed by atoms with Crippen LogP contribution in [0.2, 0.25) is 0 Å². The van der Waals surface area contributed by atoms with Crippen LogP contribution >= 0.6 is 0 Å². The van der Waals surface area contributed by atoms with E-state index in [1.54, 1.807) is 0 Å². The van der Waals surface area contributed by atoms with Gasteiger partial charge in [0, 0.05) is 6.04 Å². The van der Waals surface area contributed by atoms with E-state index in [0.29, 0.717) is 6.04 Å². The molecule has 1 aliphatic heterocycles. The maximum Gasteiger partial charge on any atom is 0.0802 e. The Labute approximate surface area is 106 Å². The Bertz CT molecular complexity index is 243. The van der Waals surface area contributed by atoms with E-state index >= 15 is 0 Å². The van der Waals surface area contributed by atoms with Gasteiger partial charge in [-0.3, -0.25) is 0 Å². The van der Waals surface area contributed by atoms with E-state index in [1.165, 1.54) is 38.5 Å². The summed E-state index contributed by atoms with van der Waals surface area (Å²) >= 11 is 0. The van der Waals surface area contributed by atoms with Crippen molar-refractivity contribution in [2.75, 3.05) is 6.54 Å². The molecule has 1 saturated carbocycles. The molecule has 0 spiro atoms. The van der Waals surface area contributed by atoms with Gasteiger partial charge in [-0.15, -0.1) is 0 Å². The molecule has 0 radical (unpaired) electrons. The first kappa shape index (κ1) is 13.4. The zero-order valence-electron chi connectivity index (χ0n) is 11.5. The number of aliphatic hydroxyl groups is 1. The van der Waals surface area contributed by atoms with Crippen LogP contribution in [-0.4, -0.2) is 23.3 Å². The van der Waals surface area contributed by atoms with E-state index in [1.807, 2.05) is 0 Å². The summed E-state index contributed by atoms with van der Waals surface area (Å²) in [4.78, 5) is 0. The van der Waals surface area contributed by atoms with Crippen LogP contribution in [0.3, 0.4) is 0 Å². The van der Waals surface area contributed by atoms with E-state index in [-0.39, 0.29) is 0 Å². The standard InChI is InChI=1S/C15H29NO/c1-3-12-7-9-16-14(10-12)15(17)8-5-6-13(4-2)11-15/h12-14,16-17H,3-11H2,1-2H3. The molecule has 2 heteroatoms. The van der Waals surface area contributed by atoms with Crippen LogP contribution in [0.5, 0.6) is 0 Å². The average Bonchev–Trinajstić information content (AvgIpc) is 2.39. The van der Waals surface area contributed by atoms with Crippen LogP contribution in [0, 0.1) is 11.8 Å². The Hall–Kier alpha value is -0.0800. The highest BCUT2D eigenvalue weighted by molar-refractivity contribution is 4.98. The van der Waals surface area contributed by atoms with E-state index in [0.717, 1.165) is 31.2 Å². The van der Waals surface area contributed by atoms with Gasteiger partial charge in [-0.2, -0.15) is 0 Å². The zero-order chi connectivity index (χ0) is 12.3. The lowest BCUT2D eigenvalue weighted by molar-refractivity contribution is -0.0596. The molecule has 2 nitrogen and oxygen atoms in total. The molecule has 0 amide bonds. The minimum atomic E-state index is -0.410. The molecule has 100 valence electrons. The van der Waals surface area contributed by atoms with Gasteiger partial charge in [0.25, 0.3) is 0 Å². The molecule has 2 rings (SSSR count). The fraction of sp³-hybridized carbons (Fsp3) is 1.00. The van der Waals surface area contributed by atoms with Crippen molar-refractivity contribution in [1.82, 2.24) is 5.32 Å². The van der Waals surface area contributed by atoms with E-state index in [2.05, 4.69) is 19.2 Å². The van der Waals surface area contributed by atoms with Crippen LogP contribution in [0.15, 0.2) is 0 Å². The number of rotatable bonds is 3. The molecule has 2 N–H and O–H groups in total. The molecule has 2 aliphatic rings. The quantitative estimate of drug-likeness (QED) is 0.793. The molecule has 1 aliphatic carbocycles. The summed E-state index contributed by atoms with van der Waals surface area (Å²) in [6.45, 7) is 5.65. The van der Waals surface area contributed by atoms with Crippen molar-refractivity contribution in [1.29, 1.82) is 0 Å². The molecule has 0 aromatic heterocycles. The van der Waals surface area contributed by atoms with Crippen LogP contribution < -0.4 is 5.32 Å². The summed E-state index contributed by atoms with van der Waals surface area (Å²) in [5.41, 5.74) is -0.410. The predicted octanol–water partition coefficient (Wildman–Crippen LogP) is 3.10. The van der Waals surface area contributed by atoms with Crippen LogP contribution in [0.1, 0.15) is 65.2 Å². The van der Waals surface area contributed by atoms with Crippen LogP contribution in [-0.2, 0) is 0 Å². The lowest BCUT2D eigenvalue weighted by Crippen LogP contribution is -2.56. The van der Waals surface area contributed by atoms with Gasteiger partial charge in [0.15, 0.2) is 0 Å². The normalized spacial score (nSPS) is 43.6. The molecule has 17 heavy (non-hydrogen) atoms. The molecular weight excluding hydrogens is 210 g/mol. The fourth-order valence-corrected chi connectivity index (χ4v) is 3.84. The fourth-order valence-electron chi connectivity index (χ4n) is 3.84. The van der Waals surface area contributed by atoms with Gasteiger partial charge in [0.2, 0.25) is 0 Å². The van der Waals surface area contributed by atoms with Crippen LogP contribution in [0.4, 0.5) is 0 Å². The maximum absolute atomic E-state index is 10.9. The smallest absolute Gasteiger partial charge is 0.0802 e. The van der Waals surface area contributed by atoms with Gasteiger partial charge >= 0.3 is 0 Å². The predicted molar refractivity (Wildman–Crippen MR) is 72.0 cm³/mol. The minimum absolute atomic E-state index is 0.357. The molecule has 4 unspecified atom stereocenters. The Morgan fingerprint density at radius 2 is 1.94 bits per heavy atom. The van der Waals surface area contributed by atoms with Gasteiger partial charge in [-0.25, -0.2) is 0 Å². The van der Waals surface area contributed by atoms with Gasteiger partial charge in [-0.05, 0) is 44.1 Å². The first-order chi connectivity index (χ1) is 8.18. The molecule has 4 atom stereocenters. The number of piperidine rings is 1. The Balaban J connectivity index is 1.98. The SMILES string of the molecule is CCC1CCNC(C2(O)CCCC(CC)C2)C1. The number of hydrogen-bond donors (Lipinski definition) is 2. The average molecular weight is 239 g/mol. The first-order valence-electron chi connectivity index (χ1n) is 7.63. The molecule has 0 aromatic rings. The van der Waals surface area contributed by atoms with E-state index < -0.39 is 5.60 Å². The molecule has 0 bridgehead atoms. The van der Waals surface area contributed by atoms with E-state index in [9.17, 15) is 5.11 Å². The van der Waals surface area contributed by atoms with Crippen molar-refractivity contribution >= 4 is 0 Å². The van der Waals surface area contributed by atoms with Crippen molar-refractivity contribution < 1.29 is 5.11 Å². The largest absolute Gasteiger partial charge is 0.388 e. The third-order valence-electron chi connectivity index (χ3n) is 5.18. The third kappa shape index (κ3) is 3.03. The maximum atomic E-state index is 10.9. The highest BCUT2D eigenvalue weighted by atomic mass is 16.3. The topological polar surface area (TPSA) is 32.3 Å². The highest BCUT2D eigenvalue weighted by Gasteiger charge is 2.42.